The SMILES string of the molecule is C=CC=Nc1c(N)ccc(Nc2nc(Nc3cc(CC)c(N4CCC(N5CCN(C)CC5)CC4)cc3OC)ncc2C=C)c1N(C)S(=O)(=O)C(F)(F)F. The van der Waals surface area contributed by atoms with Crippen molar-refractivity contribution >= 4 is 68.2 Å². The van der Waals surface area contributed by atoms with E-state index in [-0.39, 0.29) is 33.1 Å². The van der Waals surface area contributed by atoms with Gasteiger partial charge in [-0.2, -0.15) is 26.6 Å². The van der Waals surface area contributed by atoms with E-state index in [1.54, 1.807) is 7.11 Å². The first-order valence-electron chi connectivity index (χ1n) is 17.3. The van der Waals surface area contributed by atoms with Crippen LogP contribution in [0, 0.1) is 0 Å². The van der Waals surface area contributed by atoms with Gasteiger partial charge in [-0.05, 0) is 50.1 Å². The minimum absolute atomic E-state index is 0.0662. The summed E-state index contributed by atoms with van der Waals surface area (Å²) in [7, 11) is -1.33. The molecule has 2 saturated heterocycles. The molecular weight excluding hydrogens is 710 g/mol. The first-order valence-corrected chi connectivity index (χ1v) is 18.7. The lowest BCUT2D eigenvalue weighted by Gasteiger charge is -2.43. The molecule has 5 rings (SSSR count). The number of nitrogens with zero attached hydrogens (tertiary/aromatic N) is 7. The number of alkyl halides is 3. The molecule has 0 spiro atoms. The van der Waals surface area contributed by atoms with Crippen LogP contribution >= 0.6 is 0 Å². The number of hydrogen-bond acceptors (Lipinski definition) is 12. The van der Waals surface area contributed by atoms with E-state index >= 15 is 0 Å². The molecule has 17 heteroatoms. The van der Waals surface area contributed by atoms with Crippen molar-refractivity contribution in [3.05, 3.63) is 60.8 Å². The molecule has 0 bridgehead atoms. The summed E-state index contributed by atoms with van der Waals surface area (Å²) in [6.45, 7) is 15.7. The number of benzene rings is 2. The maximum absolute atomic E-state index is 13.7. The molecule has 286 valence electrons. The fraction of sp³-hybridized carbons (Fsp3) is 0.417. The fourth-order valence-electron chi connectivity index (χ4n) is 6.62. The summed E-state index contributed by atoms with van der Waals surface area (Å²) in [6.07, 6.45) is 8.33. The number of sulfonamides is 1. The summed E-state index contributed by atoms with van der Waals surface area (Å²) in [6, 6.07) is 7.34. The van der Waals surface area contributed by atoms with Gasteiger partial charge in [-0.25, -0.2) is 4.98 Å². The minimum Gasteiger partial charge on any atom is -0.494 e. The number of allylic oxidation sites excluding steroid dienone is 1. The topological polar surface area (TPSA) is 145 Å². The van der Waals surface area contributed by atoms with Gasteiger partial charge in [0.25, 0.3) is 0 Å². The molecule has 0 amide bonds. The molecule has 4 N–H and O–H groups in total. The van der Waals surface area contributed by atoms with Crippen LogP contribution in [0.3, 0.4) is 0 Å². The highest BCUT2D eigenvalue weighted by atomic mass is 32.2. The molecule has 0 unspecified atom stereocenters. The van der Waals surface area contributed by atoms with E-state index in [0.717, 1.165) is 76.8 Å². The molecule has 53 heavy (non-hydrogen) atoms. The lowest BCUT2D eigenvalue weighted by molar-refractivity contribution is -0.0437. The Bertz CT molecular complexity index is 1940. The second-order valence-electron chi connectivity index (χ2n) is 12.9. The number of piperidine rings is 1. The third-order valence-corrected chi connectivity index (χ3v) is 11.1. The molecule has 0 atom stereocenters. The molecule has 2 aliphatic heterocycles. The van der Waals surface area contributed by atoms with Crippen LogP contribution < -0.4 is 30.3 Å². The first-order chi connectivity index (χ1) is 25.2. The smallest absolute Gasteiger partial charge is 0.494 e. The van der Waals surface area contributed by atoms with Crippen LogP contribution in [0.4, 0.5) is 59.1 Å². The zero-order chi connectivity index (χ0) is 38.5. The molecule has 0 radical (unpaired) electrons. The maximum atomic E-state index is 13.7. The van der Waals surface area contributed by atoms with E-state index in [1.807, 2.05) is 12.1 Å². The van der Waals surface area contributed by atoms with Gasteiger partial charge in [0.05, 0.1) is 24.2 Å². The molecule has 3 aromatic rings. The number of nitrogens with one attached hydrogen (secondary N) is 2. The van der Waals surface area contributed by atoms with Gasteiger partial charge in [0.15, 0.2) is 0 Å². The van der Waals surface area contributed by atoms with Crippen molar-refractivity contribution in [1.82, 2.24) is 19.8 Å². The number of anilines is 7. The molecule has 0 saturated carbocycles. The van der Waals surface area contributed by atoms with Gasteiger partial charge in [-0.3, -0.25) is 14.2 Å². The number of ether oxygens (including phenoxy) is 1. The summed E-state index contributed by atoms with van der Waals surface area (Å²) in [5, 5.41) is 6.19. The van der Waals surface area contributed by atoms with E-state index < -0.39 is 21.2 Å². The number of likely N-dealkylation sites (N-methyl/N-ethyl adjacent to an activating group) is 1. The van der Waals surface area contributed by atoms with E-state index in [2.05, 4.69) is 67.4 Å². The van der Waals surface area contributed by atoms with Crippen LogP contribution in [0.1, 0.15) is 30.9 Å². The predicted molar refractivity (Wildman–Crippen MR) is 208 cm³/mol. The van der Waals surface area contributed by atoms with E-state index in [0.29, 0.717) is 23.0 Å². The molecular formula is C36H47F3N10O3S. The Morgan fingerprint density at radius 2 is 1.79 bits per heavy atom. The van der Waals surface area contributed by atoms with Gasteiger partial charge in [-0.15, -0.1) is 0 Å². The first kappa shape index (κ1) is 39.3. The van der Waals surface area contributed by atoms with Crippen molar-refractivity contribution in [1.29, 1.82) is 0 Å². The predicted octanol–water partition coefficient (Wildman–Crippen LogP) is 6.15. The normalized spacial score (nSPS) is 16.5. The largest absolute Gasteiger partial charge is 0.516 e. The Morgan fingerprint density at radius 3 is 2.40 bits per heavy atom. The van der Waals surface area contributed by atoms with Crippen LogP contribution in [-0.4, -0.2) is 106 Å². The van der Waals surface area contributed by atoms with Crippen molar-refractivity contribution < 1.29 is 26.3 Å². The van der Waals surface area contributed by atoms with Gasteiger partial charge in [-0.1, -0.05) is 32.2 Å². The lowest BCUT2D eigenvalue weighted by Crippen LogP contribution is -2.52. The minimum atomic E-state index is -5.86. The Labute approximate surface area is 309 Å². The van der Waals surface area contributed by atoms with Crippen molar-refractivity contribution in [2.45, 2.75) is 37.7 Å². The van der Waals surface area contributed by atoms with E-state index in [1.165, 1.54) is 36.7 Å². The summed E-state index contributed by atoms with van der Waals surface area (Å²) < 4.78 is 72.3. The number of methoxy groups -OCH3 is 1. The van der Waals surface area contributed by atoms with Crippen LogP contribution in [0.2, 0.25) is 0 Å². The number of aryl methyl sites for hydroxylation is 1. The second-order valence-corrected chi connectivity index (χ2v) is 14.8. The van der Waals surface area contributed by atoms with Crippen LogP contribution in [0.15, 0.2) is 54.7 Å². The molecule has 1 aromatic heterocycles. The quantitative estimate of drug-likeness (QED) is 0.137. The second kappa shape index (κ2) is 16.4. The summed E-state index contributed by atoms with van der Waals surface area (Å²) in [5.74, 6) is 0.834. The number of rotatable bonds is 13. The number of piperazine rings is 1. The Morgan fingerprint density at radius 1 is 1.09 bits per heavy atom. The fourth-order valence-corrected chi connectivity index (χ4v) is 7.35. The number of hydrogen-bond donors (Lipinski definition) is 3. The van der Waals surface area contributed by atoms with Crippen molar-refractivity contribution in [3.8, 4) is 5.75 Å². The summed E-state index contributed by atoms with van der Waals surface area (Å²) in [5.41, 5.74) is 2.87. The number of aliphatic imine (C=N–C) groups is 1. The van der Waals surface area contributed by atoms with Crippen molar-refractivity contribution in [2.75, 3.05) is 86.0 Å². The standard InChI is InChI=1S/C36H47F3N10O3S/c1-7-14-41-32-27(40)10-11-28(33(32)47(5)53(50,51)36(37,38)39)43-34-25(9-3)23-42-35(45-34)44-29-21-24(8-2)30(22-31(29)52-6)49-15-12-26(13-16-49)48-19-17-46(4)18-20-48/h7,9-11,14,21-23,26H,1,3,8,12-13,15-20,40H2,2,4-6H3,(H2,42,43,44,45). The molecule has 13 nitrogen and oxygen atoms in total. The summed E-state index contributed by atoms with van der Waals surface area (Å²) in [4.78, 5) is 20.6. The number of nitrogens with two attached hydrogens (primary N) is 1. The highest BCUT2D eigenvalue weighted by molar-refractivity contribution is 7.93. The average molecular weight is 757 g/mol. The number of aromatic nitrogens is 2. The Kier molecular flexibility index (Phi) is 12.2. The van der Waals surface area contributed by atoms with Gasteiger partial charge in [0, 0.05) is 82.1 Å². The molecule has 0 aliphatic carbocycles. The zero-order valence-electron chi connectivity index (χ0n) is 30.4. The molecule has 2 fully saturated rings. The van der Waals surface area contributed by atoms with E-state index in [4.69, 9.17) is 10.5 Å². The molecule has 2 aliphatic rings. The third kappa shape index (κ3) is 8.52. The Hall–Kier alpha value is -4.87. The highest BCUT2D eigenvalue weighted by Crippen LogP contribution is 2.45. The monoisotopic (exact) mass is 756 g/mol. The molecule has 2 aromatic carbocycles. The van der Waals surface area contributed by atoms with Gasteiger partial charge in [0.1, 0.15) is 22.9 Å². The number of nitrogen functional groups attached to an aromatic ring is 1. The van der Waals surface area contributed by atoms with Crippen molar-refractivity contribution in [2.24, 2.45) is 4.99 Å². The highest BCUT2D eigenvalue weighted by Gasteiger charge is 2.50. The van der Waals surface area contributed by atoms with Crippen LogP contribution in [0.5, 0.6) is 5.75 Å². The van der Waals surface area contributed by atoms with Gasteiger partial charge >= 0.3 is 15.5 Å². The molecule has 3 heterocycles. The Balaban J connectivity index is 1.45. The maximum Gasteiger partial charge on any atom is 0.516 e. The van der Waals surface area contributed by atoms with E-state index in [9.17, 15) is 21.6 Å². The third-order valence-electron chi connectivity index (χ3n) is 9.64. The lowest BCUT2D eigenvalue weighted by atomic mass is 9.99. The van der Waals surface area contributed by atoms with Crippen LogP contribution in [-0.2, 0) is 16.4 Å². The van der Waals surface area contributed by atoms with Crippen molar-refractivity contribution in [3.63, 3.8) is 0 Å². The zero-order valence-corrected chi connectivity index (χ0v) is 31.3. The van der Waals surface area contributed by atoms with Gasteiger partial charge in [0.2, 0.25) is 5.95 Å². The average Bonchev–Trinajstić information content (AvgIpc) is 3.14. The number of halogens is 3. The van der Waals surface area contributed by atoms with Gasteiger partial charge < -0.3 is 30.9 Å². The van der Waals surface area contributed by atoms with Crippen LogP contribution in [0.25, 0.3) is 6.08 Å². The summed E-state index contributed by atoms with van der Waals surface area (Å²) >= 11 is 0.